The Morgan fingerprint density at radius 3 is 1.82 bits per heavy atom. The topological polar surface area (TPSA) is 19.6 Å². The summed E-state index contributed by atoms with van der Waals surface area (Å²) in [6, 6.07) is 52.8. The maximum absolute atomic E-state index is 6.63. The van der Waals surface area contributed by atoms with E-state index in [9.17, 15) is 0 Å². The van der Waals surface area contributed by atoms with Gasteiger partial charge in [0.25, 0.3) is 6.71 Å². The van der Waals surface area contributed by atoms with Gasteiger partial charge in [-0.25, -0.2) is 0 Å². The summed E-state index contributed by atoms with van der Waals surface area (Å²) in [5.74, 6) is 0.873. The van der Waals surface area contributed by atoms with E-state index in [0.29, 0.717) is 0 Å². The van der Waals surface area contributed by atoms with E-state index in [0.717, 1.165) is 28.0 Å². The molecule has 0 amide bonds. The Morgan fingerprint density at radius 1 is 0.500 bits per heavy atom. The monoisotopic (exact) mass is 878 g/mol. The molecule has 0 saturated heterocycles. The van der Waals surface area contributed by atoms with Crippen LogP contribution in [0.25, 0.3) is 43.5 Å². The van der Waals surface area contributed by atoms with Gasteiger partial charge < -0.3 is 14.2 Å². The highest BCUT2D eigenvalue weighted by molar-refractivity contribution is 7.33. The fourth-order valence-corrected chi connectivity index (χ4v) is 11.9. The molecule has 0 N–H and O–H groups in total. The number of fused-ring (bicyclic) bond motifs is 7. The molecule has 0 saturated carbocycles. The van der Waals surface area contributed by atoms with Crippen molar-refractivity contribution in [1.29, 1.82) is 0 Å². The normalized spacial score (nSPS) is 13.7. The lowest BCUT2D eigenvalue weighted by atomic mass is 9.36. The Morgan fingerprint density at radius 2 is 1.14 bits per heavy atom. The van der Waals surface area contributed by atoms with Crippen LogP contribution in [0.2, 0.25) is 0 Å². The van der Waals surface area contributed by atoms with Gasteiger partial charge in [0, 0.05) is 48.4 Å². The minimum absolute atomic E-state index is 0.00297. The molecule has 0 spiro atoms. The van der Waals surface area contributed by atoms with Crippen molar-refractivity contribution in [3.8, 4) is 22.5 Å². The summed E-state index contributed by atoms with van der Waals surface area (Å²) in [5.41, 5.74) is 22.2. The van der Waals surface area contributed by atoms with Crippen molar-refractivity contribution in [2.75, 3.05) is 9.80 Å². The average Bonchev–Trinajstić information content (AvgIpc) is 3.88. The predicted molar refractivity (Wildman–Crippen MR) is 287 cm³/mol. The first-order valence-electron chi connectivity index (χ1n) is 23.6. The minimum Gasteiger partial charge on any atom is -0.456 e. The third-order valence-electron chi connectivity index (χ3n) is 14.2. The van der Waals surface area contributed by atoms with Crippen molar-refractivity contribution >= 4 is 88.9 Å². The fourth-order valence-electron chi connectivity index (χ4n) is 10.6. The molecule has 0 fully saturated rings. The summed E-state index contributed by atoms with van der Waals surface area (Å²) in [6.45, 7) is 27.8. The van der Waals surface area contributed by atoms with Crippen LogP contribution in [0.3, 0.4) is 0 Å². The van der Waals surface area contributed by atoms with Gasteiger partial charge in [0.2, 0.25) is 0 Å². The molecule has 4 heterocycles. The lowest BCUT2D eigenvalue weighted by Gasteiger charge is -2.44. The number of rotatable bonds is 4. The van der Waals surface area contributed by atoms with Crippen LogP contribution in [0.4, 0.5) is 34.1 Å². The third kappa shape index (κ3) is 6.76. The summed E-state index contributed by atoms with van der Waals surface area (Å²) in [6.07, 6.45) is 0. The number of nitrogens with zero attached hydrogens (tertiary/aromatic N) is 2. The molecule has 0 atom stereocenters. The van der Waals surface area contributed by atoms with E-state index in [1.807, 2.05) is 11.3 Å². The summed E-state index contributed by atoms with van der Waals surface area (Å²) < 4.78 is 9.33. The van der Waals surface area contributed by atoms with Gasteiger partial charge in [0.05, 0.1) is 17.1 Å². The van der Waals surface area contributed by atoms with Crippen molar-refractivity contribution in [2.24, 2.45) is 0 Å². The molecule has 0 aliphatic carbocycles. The second-order valence-corrected chi connectivity index (χ2v) is 23.2. The van der Waals surface area contributed by atoms with Crippen LogP contribution in [0, 0.1) is 20.8 Å². The molecule has 2 aliphatic heterocycles. The molecular weight excluding hydrogens is 820 g/mol. The molecule has 3 nitrogen and oxygen atoms in total. The Balaban J connectivity index is 1.26. The molecule has 7 aromatic carbocycles. The zero-order valence-electron chi connectivity index (χ0n) is 40.6. The minimum atomic E-state index is -0.0346. The lowest BCUT2D eigenvalue weighted by molar-refractivity contribution is 0.589. The zero-order valence-corrected chi connectivity index (χ0v) is 41.4. The summed E-state index contributed by atoms with van der Waals surface area (Å²) in [7, 11) is 0. The van der Waals surface area contributed by atoms with Gasteiger partial charge in [-0.15, -0.1) is 11.3 Å². The second-order valence-electron chi connectivity index (χ2n) is 22.1. The molecular formula is C61H59BN2OS. The van der Waals surface area contributed by atoms with Crippen LogP contribution in [0.1, 0.15) is 95.7 Å². The quantitative estimate of drug-likeness (QED) is 0.164. The van der Waals surface area contributed by atoms with Crippen molar-refractivity contribution in [3.05, 3.63) is 173 Å². The molecule has 328 valence electrons. The molecule has 2 aromatic heterocycles. The van der Waals surface area contributed by atoms with Gasteiger partial charge in [-0.05, 0) is 141 Å². The number of anilines is 6. The van der Waals surface area contributed by atoms with Gasteiger partial charge in [0.1, 0.15) is 11.3 Å². The molecule has 2 aliphatic rings. The predicted octanol–water partition coefficient (Wildman–Crippen LogP) is 15.9. The van der Waals surface area contributed by atoms with E-state index in [-0.39, 0.29) is 23.0 Å². The highest BCUT2D eigenvalue weighted by atomic mass is 32.1. The highest BCUT2D eigenvalue weighted by Crippen LogP contribution is 2.52. The van der Waals surface area contributed by atoms with Crippen LogP contribution in [-0.4, -0.2) is 6.71 Å². The van der Waals surface area contributed by atoms with Crippen LogP contribution in [-0.2, 0) is 16.2 Å². The van der Waals surface area contributed by atoms with E-state index < -0.39 is 0 Å². The number of furan rings is 1. The van der Waals surface area contributed by atoms with E-state index in [1.165, 1.54) is 98.7 Å². The molecule has 9 aromatic rings. The van der Waals surface area contributed by atoms with Crippen LogP contribution < -0.4 is 25.5 Å². The Labute approximate surface area is 395 Å². The largest absolute Gasteiger partial charge is 0.456 e. The first kappa shape index (κ1) is 42.3. The standard InChI is InChI=1S/C61H59BN2OS/c1-36-28-50-55-51(29-36)64(56-37(2)30-44(31-38(56)3)61(10,11)12)57-46-35-43(60(7,8)9)24-27-54(46)66-58(57)62(55)47-25-22-41(53-33-40-20-16-17-21-52(40)65-53)32-49(47)63(50)48-26-23-42(59(4,5)6)34-45(48)39-18-14-13-15-19-39/h13-35H,1-12H3. The molecule has 66 heavy (non-hydrogen) atoms. The van der Waals surface area contributed by atoms with E-state index >= 15 is 0 Å². The second kappa shape index (κ2) is 14.9. The number of hydrogen-bond acceptors (Lipinski definition) is 4. The molecule has 0 bridgehead atoms. The van der Waals surface area contributed by atoms with Gasteiger partial charge in [-0.2, -0.15) is 0 Å². The number of para-hydroxylation sites is 1. The van der Waals surface area contributed by atoms with E-state index in [2.05, 4.69) is 232 Å². The maximum atomic E-state index is 6.63. The average molecular weight is 879 g/mol. The zero-order chi connectivity index (χ0) is 46.2. The third-order valence-corrected chi connectivity index (χ3v) is 15.4. The van der Waals surface area contributed by atoms with Crippen molar-refractivity contribution < 1.29 is 4.42 Å². The van der Waals surface area contributed by atoms with Crippen LogP contribution in [0.5, 0.6) is 0 Å². The number of benzene rings is 7. The van der Waals surface area contributed by atoms with Gasteiger partial charge >= 0.3 is 0 Å². The smallest absolute Gasteiger partial charge is 0.264 e. The SMILES string of the molecule is Cc1cc2c3c(c1)N(c1c(C)cc(C(C)(C)C)cc1C)c1c(sc4ccc(C(C)(C)C)cc14)B3c1ccc(-c3cc4ccccc4o3)cc1N2c1ccc(C(C)(C)C)cc1-c1ccccc1. The number of thiophene rings is 1. The lowest BCUT2D eigenvalue weighted by Crippen LogP contribution is -2.60. The molecule has 5 heteroatoms. The first-order valence-corrected chi connectivity index (χ1v) is 24.4. The van der Waals surface area contributed by atoms with Crippen LogP contribution >= 0.6 is 11.3 Å². The summed E-state index contributed by atoms with van der Waals surface area (Å²) >= 11 is 1.97. The van der Waals surface area contributed by atoms with E-state index in [1.54, 1.807) is 0 Å². The van der Waals surface area contributed by atoms with Gasteiger partial charge in [-0.1, -0.05) is 147 Å². The number of hydrogen-bond donors (Lipinski definition) is 0. The van der Waals surface area contributed by atoms with E-state index in [4.69, 9.17) is 4.42 Å². The highest BCUT2D eigenvalue weighted by Gasteiger charge is 2.46. The molecule has 0 radical (unpaired) electrons. The first-order chi connectivity index (χ1) is 31.3. The van der Waals surface area contributed by atoms with Crippen molar-refractivity contribution in [3.63, 3.8) is 0 Å². The molecule has 0 unspecified atom stereocenters. The van der Waals surface area contributed by atoms with Gasteiger partial charge in [-0.3, -0.25) is 0 Å². The van der Waals surface area contributed by atoms with Gasteiger partial charge in [0.15, 0.2) is 0 Å². The maximum Gasteiger partial charge on any atom is 0.264 e. The van der Waals surface area contributed by atoms with Crippen molar-refractivity contribution in [2.45, 2.75) is 99.3 Å². The Bertz CT molecular complexity index is 3370. The summed E-state index contributed by atoms with van der Waals surface area (Å²) in [4.78, 5) is 5.27. The van der Waals surface area contributed by atoms with Crippen LogP contribution in [0.15, 0.2) is 144 Å². The molecule has 11 rings (SSSR count). The summed E-state index contributed by atoms with van der Waals surface area (Å²) in [5, 5.41) is 2.43. The fraction of sp³-hybridized carbons (Fsp3) is 0.246. The Kier molecular flexibility index (Phi) is 9.53. The van der Waals surface area contributed by atoms with Crippen molar-refractivity contribution in [1.82, 2.24) is 0 Å². The Hall–Kier alpha value is -6.30. The number of aryl methyl sites for hydroxylation is 3.